The van der Waals surface area contributed by atoms with E-state index in [1.807, 2.05) is 30.3 Å². The van der Waals surface area contributed by atoms with E-state index in [0.29, 0.717) is 39.6 Å². The lowest BCUT2D eigenvalue weighted by molar-refractivity contribution is 0.0977. The van der Waals surface area contributed by atoms with Crippen LogP contribution in [-0.2, 0) is 0 Å². The highest BCUT2D eigenvalue weighted by Gasteiger charge is 2.15. The number of aromatic nitrogens is 1. The maximum absolute atomic E-state index is 12.7. The number of para-hydroxylation sites is 1. The van der Waals surface area contributed by atoms with Crippen molar-refractivity contribution in [3.05, 3.63) is 76.3 Å². The summed E-state index contributed by atoms with van der Waals surface area (Å²) in [5.41, 5.74) is 2.56. The minimum Gasteiger partial charge on any atom is -0.493 e. The molecule has 0 spiro atoms. The number of benzene rings is 3. The Morgan fingerprint density at radius 1 is 1.09 bits per heavy atom. The van der Waals surface area contributed by atoms with E-state index in [0.717, 1.165) is 20.8 Å². The van der Waals surface area contributed by atoms with Crippen LogP contribution in [0.3, 0.4) is 0 Å². The molecule has 4 aromatic rings. The molecule has 3 aromatic carbocycles. The van der Waals surface area contributed by atoms with Crippen molar-refractivity contribution in [2.75, 3.05) is 11.9 Å². The highest BCUT2D eigenvalue weighted by molar-refractivity contribution is 7.80. The van der Waals surface area contributed by atoms with Gasteiger partial charge in [0.15, 0.2) is 5.11 Å². The van der Waals surface area contributed by atoms with E-state index in [2.05, 4.69) is 29.5 Å². The van der Waals surface area contributed by atoms with Gasteiger partial charge in [-0.2, -0.15) is 0 Å². The molecule has 1 heterocycles. The van der Waals surface area contributed by atoms with Gasteiger partial charge in [-0.15, -0.1) is 11.3 Å². The molecule has 0 aliphatic rings. The van der Waals surface area contributed by atoms with Gasteiger partial charge in [0.05, 0.1) is 32.6 Å². The molecule has 5 nitrogen and oxygen atoms in total. The number of hydrogen-bond acceptors (Lipinski definition) is 5. The topological polar surface area (TPSA) is 63.2 Å². The number of rotatable bonds is 6. The van der Waals surface area contributed by atoms with Gasteiger partial charge in [0, 0.05) is 11.1 Å². The van der Waals surface area contributed by atoms with E-state index < -0.39 is 0 Å². The minimum atomic E-state index is -0.357. The number of ether oxygens (including phenoxy) is 1. The predicted molar refractivity (Wildman–Crippen MR) is 146 cm³/mol. The number of thiazole rings is 1. The number of fused-ring (bicyclic) bond motifs is 1. The van der Waals surface area contributed by atoms with Crippen molar-refractivity contribution in [3.63, 3.8) is 0 Å². The molecule has 2 N–H and O–H groups in total. The number of nitrogens with one attached hydrogen (secondary N) is 2. The summed E-state index contributed by atoms with van der Waals surface area (Å²) >= 11 is 19.7. The average molecular weight is 531 g/mol. The van der Waals surface area contributed by atoms with Gasteiger partial charge in [-0.3, -0.25) is 10.1 Å². The Balaban J connectivity index is 1.49. The van der Waals surface area contributed by atoms with Gasteiger partial charge in [-0.25, -0.2) is 4.98 Å². The molecule has 0 bridgehead atoms. The van der Waals surface area contributed by atoms with Gasteiger partial charge in [-0.1, -0.05) is 55.2 Å². The van der Waals surface area contributed by atoms with Crippen molar-refractivity contribution in [1.82, 2.24) is 10.3 Å². The van der Waals surface area contributed by atoms with Crippen molar-refractivity contribution in [3.8, 4) is 16.3 Å². The first-order valence-electron chi connectivity index (χ1n) is 10.5. The monoisotopic (exact) mass is 529 g/mol. The van der Waals surface area contributed by atoms with Crippen molar-refractivity contribution < 1.29 is 9.53 Å². The Labute approximate surface area is 217 Å². The van der Waals surface area contributed by atoms with Gasteiger partial charge in [0.2, 0.25) is 0 Å². The molecule has 0 aliphatic carbocycles. The van der Waals surface area contributed by atoms with E-state index in [1.165, 1.54) is 11.3 Å². The molecule has 1 aromatic heterocycles. The van der Waals surface area contributed by atoms with Gasteiger partial charge in [-0.05, 0) is 60.6 Å². The normalized spacial score (nSPS) is 11.0. The van der Waals surface area contributed by atoms with E-state index in [-0.39, 0.29) is 11.0 Å². The predicted octanol–water partition coefficient (Wildman–Crippen LogP) is 7.43. The number of amides is 1. The van der Waals surface area contributed by atoms with Crippen LogP contribution in [-0.4, -0.2) is 22.6 Å². The Morgan fingerprint density at radius 3 is 2.65 bits per heavy atom. The molecular formula is C25H21Cl2N3O2S2. The van der Waals surface area contributed by atoms with Crippen LogP contribution in [0.25, 0.3) is 20.8 Å². The molecule has 0 saturated heterocycles. The second-order valence-electron chi connectivity index (χ2n) is 7.94. The van der Waals surface area contributed by atoms with Gasteiger partial charge in [0.25, 0.3) is 5.91 Å². The number of thiocarbonyl (C=S) groups is 1. The largest absolute Gasteiger partial charge is 0.493 e. The van der Waals surface area contributed by atoms with Crippen LogP contribution in [0.5, 0.6) is 5.75 Å². The van der Waals surface area contributed by atoms with Crippen molar-refractivity contribution in [1.29, 1.82) is 0 Å². The highest BCUT2D eigenvalue weighted by Crippen LogP contribution is 2.38. The number of nitrogens with zero attached hydrogens (tertiary/aromatic N) is 1. The van der Waals surface area contributed by atoms with E-state index >= 15 is 0 Å². The molecule has 34 heavy (non-hydrogen) atoms. The summed E-state index contributed by atoms with van der Waals surface area (Å²) in [5, 5.41) is 7.39. The van der Waals surface area contributed by atoms with Crippen molar-refractivity contribution >= 4 is 73.7 Å². The molecular weight excluding hydrogens is 509 g/mol. The second-order valence-corrected chi connectivity index (χ2v) is 10.2. The SMILES string of the molecule is CC(C)COc1cccc(C(=O)NC(=S)Nc2cc(-c3nc4ccccc4s3)c(Cl)cc2Cl)c1. The Kier molecular flexibility index (Phi) is 7.68. The van der Waals surface area contributed by atoms with Crippen LogP contribution in [0.15, 0.2) is 60.7 Å². The van der Waals surface area contributed by atoms with Crippen molar-refractivity contribution in [2.45, 2.75) is 13.8 Å². The van der Waals surface area contributed by atoms with Crippen LogP contribution in [0.4, 0.5) is 5.69 Å². The Hall–Kier alpha value is -2.71. The first kappa shape index (κ1) is 24.4. The first-order chi connectivity index (χ1) is 16.3. The summed E-state index contributed by atoms with van der Waals surface area (Å²) in [6.45, 7) is 4.69. The lowest BCUT2D eigenvalue weighted by atomic mass is 10.2. The van der Waals surface area contributed by atoms with Crippen LogP contribution >= 0.6 is 46.8 Å². The maximum Gasteiger partial charge on any atom is 0.257 e. The third-order valence-corrected chi connectivity index (χ3v) is 6.64. The zero-order valence-electron chi connectivity index (χ0n) is 18.4. The molecule has 0 fully saturated rings. The quantitative estimate of drug-likeness (QED) is 0.254. The number of halogens is 2. The standard InChI is InChI=1S/C25H21Cl2N3O2S2/c1-14(2)13-32-16-7-5-6-15(10-16)23(31)30-25(33)29-21-11-17(18(26)12-19(21)27)24-28-20-8-3-4-9-22(20)34-24/h3-12,14H,13H2,1-2H3,(H2,29,30,31,33). The number of anilines is 1. The molecule has 0 radical (unpaired) electrons. The number of carbonyl (C=O) groups is 1. The fraction of sp³-hybridized carbons (Fsp3) is 0.160. The molecule has 9 heteroatoms. The minimum absolute atomic E-state index is 0.109. The zero-order valence-corrected chi connectivity index (χ0v) is 21.5. The van der Waals surface area contributed by atoms with Gasteiger partial charge >= 0.3 is 0 Å². The highest BCUT2D eigenvalue weighted by atomic mass is 35.5. The fourth-order valence-corrected chi connectivity index (χ4v) is 4.89. The van der Waals surface area contributed by atoms with Gasteiger partial charge < -0.3 is 10.1 Å². The molecule has 0 unspecified atom stereocenters. The van der Waals surface area contributed by atoms with Crippen LogP contribution in [0, 0.1) is 5.92 Å². The second kappa shape index (κ2) is 10.7. The summed E-state index contributed by atoms with van der Waals surface area (Å²) in [7, 11) is 0. The summed E-state index contributed by atoms with van der Waals surface area (Å²) in [5.74, 6) is 0.650. The molecule has 0 saturated carbocycles. The number of hydrogen-bond donors (Lipinski definition) is 2. The third kappa shape index (κ3) is 5.85. The summed E-state index contributed by atoms with van der Waals surface area (Å²) in [6.07, 6.45) is 0. The Morgan fingerprint density at radius 2 is 1.88 bits per heavy atom. The number of carbonyl (C=O) groups excluding carboxylic acids is 1. The fourth-order valence-electron chi connectivity index (χ4n) is 3.11. The lowest BCUT2D eigenvalue weighted by Gasteiger charge is -2.13. The molecule has 1 amide bonds. The average Bonchev–Trinajstić information content (AvgIpc) is 3.23. The zero-order chi connectivity index (χ0) is 24.2. The maximum atomic E-state index is 12.7. The van der Waals surface area contributed by atoms with Crippen LogP contribution in [0.1, 0.15) is 24.2 Å². The van der Waals surface area contributed by atoms with Crippen LogP contribution < -0.4 is 15.4 Å². The molecule has 4 rings (SSSR count). The van der Waals surface area contributed by atoms with Crippen molar-refractivity contribution in [2.24, 2.45) is 5.92 Å². The van der Waals surface area contributed by atoms with E-state index in [9.17, 15) is 4.79 Å². The molecule has 0 atom stereocenters. The third-order valence-electron chi connectivity index (χ3n) is 4.74. The first-order valence-corrected chi connectivity index (χ1v) is 12.5. The summed E-state index contributed by atoms with van der Waals surface area (Å²) < 4.78 is 6.76. The smallest absolute Gasteiger partial charge is 0.257 e. The molecule has 0 aliphatic heterocycles. The molecule has 174 valence electrons. The summed E-state index contributed by atoms with van der Waals surface area (Å²) in [4.78, 5) is 17.4. The van der Waals surface area contributed by atoms with E-state index in [4.69, 9.17) is 40.2 Å². The lowest BCUT2D eigenvalue weighted by Crippen LogP contribution is -2.34. The van der Waals surface area contributed by atoms with Gasteiger partial charge in [0.1, 0.15) is 10.8 Å². The van der Waals surface area contributed by atoms with Crippen LogP contribution in [0.2, 0.25) is 10.0 Å². The Bertz CT molecular complexity index is 1340. The van der Waals surface area contributed by atoms with E-state index in [1.54, 1.807) is 30.3 Å². The summed E-state index contributed by atoms with van der Waals surface area (Å²) in [6, 6.07) is 18.2.